The lowest BCUT2D eigenvalue weighted by Crippen LogP contribution is -2.66. The number of hydrogen-bond donors (Lipinski definition) is 13. The van der Waals surface area contributed by atoms with Crippen molar-refractivity contribution in [3.63, 3.8) is 0 Å². The second-order valence-electron chi connectivity index (χ2n) is 24.0. The molecule has 0 radical (unpaired) electrons. The summed E-state index contributed by atoms with van der Waals surface area (Å²) in [7, 11) is 0. The zero-order valence-corrected chi connectivity index (χ0v) is 42.7. The lowest BCUT2D eigenvalue weighted by atomic mass is 9.47. The molecule has 10 aliphatic rings. The van der Waals surface area contributed by atoms with Gasteiger partial charge in [0.15, 0.2) is 30.9 Å². The van der Waals surface area contributed by atoms with E-state index in [1.54, 1.807) is 0 Å². The van der Waals surface area contributed by atoms with Crippen molar-refractivity contribution in [2.24, 2.45) is 46.3 Å². The van der Waals surface area contributed by atoms with Crippen molar-refractivity contribution in [3.05, 3.63) is 11.6 Å². The Hall–Kier alpha value is -1.18. The molecule has 0 bridgehead atoms. The molecule has 4 aliphatic carbocycles. The maximum absolute atomic E-state index is 12.1. The highest BCUT2D eigenvalue weighted by atomic mass is 16.8. The molecule has 0 unspecified atom stereocenters. The third-order valence-corrected chi connectivity index (χ3v) is 19.9. The fraction of sp³-hybridized carbons (Fsp3) is 0.961. The van der Waals surface area contributed by atoms with Gasteiger partial charge in [0.2, 0.25) is 0 Å². The fourth-order valence-electron chi connectivity index (χ4n) is 15.6. The van der Waals surface area contributed by atoms with Crippen molar-refractivity contribution in [2.75, 3.05) is 26.4 Å². The number of rotatable bonds is 11. The Morgan fingerprint density at radius 3 is 1.85 bits per heavy atom. The molecule has 0 amide bonds. The molecule has 23 nitrogen and oxygen atoms in total. The van der Waals surface area contributed by atoms with Crippen molar-refractivity contribution in [3.8, 4) is 0 Å². The van der Waals surface area contributed by atoms with Crippen molar-refractivity contribution in [1.82, 2.24) is 0 Å². The summed E-state index contributed by atoms with van der Waals surface area (Å²) in [6.45, 7) is 8.82. The quantitative estimate of drug-likeness (QED) is 0.0918. The standard InChI is InChI=1S/C51H82O23/c1-19-32-28(74-51(19)31(54)12-22(18-66-51)17-65-45-39(61)38(60)35(57)29(15-52)70-45)14-27-25-7-6-23-13-24(8-10-49(23,4)26(25)9-11-50(27,32)5)69-48-44(73-47-41(63)37(59)34(56)21(3)68-47)42(64)43(30(16-53)71-48)72-46-40(62)36(58)33(55)20(2)67-46/h6,19-22,24-48,52-64H,7-18H2,1-5H3/t19-,20-,21-,22+,24-,25+,26-,27-,28-,29+,30+,31-,32-,33-,34-,35+,36+,37+,38-,39+,40+,41+,42-,43+,44+,45+,46-,47-,48+,49-,50-,51-/m0/s1. The van der Waals surface area contributed by atoms with Crippen LogP contribution in [0, 0.1) is 46.3 Å². The molecule has 32 atom stereocenters. The van der Waals surface area contributed by atoms with Crippen LogP contribution in [-0.4, -0.2) is 240 Å². The van der Waals surface area contributed by atoms with Crippen LogP contribution in [0.4, 0.5) is 0 Å². The van der Waals surface area contributed by atoms with Crippen LogP contribution in [0.3, 0.4) is 0 Å². The molecule has 1 spiro atoms. The minimum Gasteiger partial charge on any atom is -0.394 e. The predicted molar refractivity (Wildman–Crippen MR) is 248 cm³/mol. The Morgan fingerprint density at radius 2 is 1.22 bits per heavy atom. The van der Waals surface area contributed by atoms with Gasteiger partial charge in [0.1, 0.15) is 91.6 Å². The monoisotopic (exact) mass is 1060 g/mol. The third kappa shape index (κ3) is 9.38. The second-order valence-corrected chi connectivity index (χ2v) is 24.0. The Bertz CT molecular complexity index is 1970. The molecule has 74 heavy (non-hydrogen) atoms. The summed E-state index contributed by atoms with van der Waals surface area (Å²) in [5.74, 6) is -0.337. The first-order valence-electron chi connectivity index (χ1n) is 27.0. The van der Waals surface area contributed by atoms with E-state index in [4.69, 9.17) is 47.4 Å². The third-order valence-electron chi connectivity index (χ3n) is 19.9. The Kier molecular flexibility index (Phi) is 16.2. The number of ether oxygens (including phenoxy) is 10. The fourth-order valence-corrected chi connectivity index (χ4v) is 15.6. The van der Waals surface area contributed by atoms with Crippen LogP contribution in [-0.2, 0) is 47.4 Å². The average molecular weight is 1060 g/mol. The summed E-state index contributed by atoms with van der Waals surface area (Å²) in [5.41, 5.74) is 1.03. The van der Waals surface area contributed by atoms with Crippen LogP contribution in [0.1, 0.15) is 86.0 Å². The highest BCUT2D eigenvalue weighted by molar-refractivity contribution is 5.27. The van der Waals surface area contributed by atoms with Crippen LogP contribution in [0.2, 0.25) is 0 Å². The molecule has 0 aromatic heterocycles. The Balaban J connectivity index is 0.799. The highest BCUT2D eigenvalue weighted by Gasteiger charge is 2.71. The molecular weight excluding hydrogens is 981 g/mol. The van der Waals surface area contributed by atoms with Crippen LogP contribution in [0.25, 0.3) is 0 Å². The van der Waals surface area contributed by atoms with Gasteiger partial charge in [-0.25, -0.2) is 0 Å². The molecule has 0 aromatic rings. The molecule has 6 saturated heterocycles. The summed E-state index contributed by atoms with van der Waals surface area (Å²) in [5, 5.41) is 139. The molecule has 424 valence electrons. The SMILES string of the molecule is C[C@@H]1O[C@@H](O[C@H]2[C@H](O[C@H]3CC[C@@]4(C)C(=CC[C@H]5[C@@H]6C[C@@H]7O[C@@]8(OC[C@@H](CO[C@@H]9O[C@H](CO)[C@@H](O)[C@H](O)[C@H]9O)C[C@@H]8O)[C@@H](C)[C@@H]7[C@@]6(C)CC[C@@H]54)C3)O[C@H](CO)[C@@H](O[C@@H]3O[C@@H](C)[C@H](O)[C@@H](O)[C@H]3O)[C@@H]2O)[C@H](O)[C@H](O)[C@H]1O. The lowest BCUT2D eigenvalue weighted by molar-refractivity contribution is -0.388. The molecule has 13 N–H and O–H groups in total. The van der Waals surface area contributed by atoms with E-state index >= 15 is 0 Å². The zero-order valence-electron chi connectivity index (χ0n) is 42.7. The molecule has 10 rings (SSSR count). The number of aliphatic hydroxyl groups excluding tert-OH is 13. The van der Waals surface area contributed by atoms with E-state index in [9.17, 15) is 66.4 Å². The number of hydrogen-bond acceptors (Lipinski definition) is 23. The van der Waals surface area contributed by atoms with Gasteiger partial charge in [-0.05, 0) is 99.7 Å². The van der Waals surface area contributed by atoms with Crippen LogP contribution in [0.15, 0.2) is 11.6 Å². The summed E-state index contributed by atoms with van der Waals surface area (Å²) in [6, 6.07) is 0. The molecule has 9 fully saturated rings. The second kappa shape index (κ2) is 21.4. The van der Waals surface area contributed by atoms with E-state index in [2.05, 4.69) is 26.8 Å². The molecule has 6 aliphatic heterocycles. The first-order valence-corrected chi connectivity index (χ1v) is 27.0. The molecule has 0 aromatic carbocycles. The van der Waals surface area contributed by atoms with Crippen molar-refractivity contribution in [1.29, 1.82) is 0 Å². The summed E-state index contributed by atoms with van der Waals surface area (Å²) in [6.07, 6.45) is -22.4. The summed E-state index contributed by atoms with van der Waals surface area (Å²) >= 11 is 0. The molecule has 3 saturated carbocycles. The average Bonchev–Trinajstić information content (AvgIpc) is 3.88. The Morgan fingerprint density at radius 1 is 0.608 bits per heavy atom. The summed E-state index contributed by atoms with van der Waals surface area (Å²) < 4.78 is 61.4. The number of allylic oxidation sites excluding steroid dienone is 1. The first-order chi connectivity index (χ1) is 35.1. The first kappa shape index (κ1) is 56.1. The largest absolute Gasteiger partial charge is 0.394 e. The van der Waals surface area contributed by atoms with E-state index in [1.807, 2.05) is 0 Å². The van der Waals surface area contributed by atoms with Gasteiger partial charge >= 0.3 is 0 Å². The molecule has 23 heteroatoms. The molecule has 6 heterocycles. The van der Waals surface area contributed by atoms with Crippen molar-refractivity contribution >= 4 is 0 Å². The topological polar surface area (TPSA) is 355 Å². The smallest absolute Gasteiger partial charge is 0.197 e. The van der Waals surface area contributed by atoms with Gasteiger partial charge in [-0.3, -0.25) is 0 Å². The van der Waals surface area contributed by atoms with E-state index in [0.717, 1.165) is 32.1 Å². The van der Waals surface area contributed by atoms with Gasteiger partial charge in [0, 0.05) is 11.8 Å². The normalized spacial score (nSPS) is 57.5. The number of aliphatic hydroxyl groups is 13. The predicted octanol–water partition coefficient (Wildman–Crippen LogP) is -2.99. The minimum atomic E-state index is -1.75. The Labute approximate surface area is 430 Å². The maximum atomic E-state index is 12.1. The van der Waals surface area contributed by atoms with Gasteiger partial charge in [0.25, 0.3) is 0 Å². The van der Waals surface area contributed by atoms with E-state index < -0.39 is 154 Å². The van der Waals surface area contributed by atoms with E-state index in [1.165, 1.54) is 19.4 Å². The van der Waals surface area contributed by atoms with Gasteiger partial charge in [-0.2, -0.15) is 0 Å². The summed E-state index contributed by atoms with van der Waals surface area (Å²) in [4.78, 5) is 0. The van der Waals surface area contributed by atoms with Gasteiger partial charge in [-0.1, -0.05) is 32.4 Å². The van der Waals surface area contributed by atoms with E-state index in [-0.39, 0.29) is 47.9 Å². The number of fused-ring (bicyclic) bond motifs is 7. The van der Waals surface area contributed by atoms with E-state index in [0.29, 0.717) is 37.0 Å². The van der Waals surface area contributed by atoms with Crippen molar-refractivity contribution in [2.45, 2.75) is 233 Å². The zero-order chi connectivity index (χ0) is 53.1. The van der Waals surface area contributed by atoms with Gasteiger partial charge < -0.3 is 114 Å². The highest BCUT2D eigenvalue weighted by Crippen LogP contribution is 2.71. The maximum Gasteiger partial charge on any atom is 0.197 e. The molecular formula is C51H82O23. The lowest BCUT2D eigenvalue weighted by Gasteiger charge is -2.59. The van der Waals surface area contributed by atoms with Crippen LogP contribution in [0.5, 0.6) is 0 Å². The van der Waals surface area contributed by atoms with Gasteiger partial charge in [0.05, 0.1) is 50.8 Å². The minimum absolute atomic E-state index is 0.0367. The van der Waals surface area contributed by atoms with Gasteiger partial charge in [-0.15, -0.1) is 0 Å². The van der Waals surface area contributed by atoms with Crippen LogP contribution < -0.4 is 0 Å². The van der Waals surface area contributed by atoms with Crippen LogP contribution >= 0.6 is 0 Å². The van der Waals surface area contributed by atoms with Crippen molar-refractivity contribution < 1.29 is 114 Å².